The van der Waals surface area contributed by atoms with E-state index < -0.39 is 11.6 Å². The van der Waals surface area contributed by atoms with E-state index in [0.717, 1.165) is 12.1 Å². The van der Waals surface area contributed by atoms with Crippen molar-refractivity contribution in [3.8, 4) is 0 Å². The average Bonchev–Trinajstić information content (AvgIpc) is 2.02. The molecular formula is C9H9F2NS. The lowest BCUT2D eigenvalue weighted by molar-refractivity contribution is 0.580. The van der Waals surface area contributed by atoms with Crippen LogP contribution >= 0.6 is 12.6 Å². The van der Waals surface area contributed by atoms with Crippen LogP contribution in [0.2, 0.25) is 0 Å². The van der Waals surface area contributed by atoms with Crippen LogP contribution < -0.4 is 5.73 Å². The fourth-order valence-electron chi connectivity index (χ4n) is 0.934. The van der Waals surface area contributed by atoms with Crippen molar-refractivity contribution in [2.24, 2.45) is 0 Å². The highest BCUT2D eigenvalue weighted by Gasteiger charge is 2.06. The fraction of sp³-hybridized carbons (Fsp3) is 0.111. The Balaban J connectivity index is 3.13. The van der Waals surface area contributed by atoms with Crippen molar-refractivity contribution in [3.63, 3.8) is 0 Å². The Bertz CT molecular complexity index is 313. The molecular weight excluding hydrogens is 192 g/mol. The summed E-state index contributed by atoms with van der Waals surface area (Å²) in [5.74, 6) is -0.880. The molecule has 1 aromatic rings. The van der Waals surface area contributed by atoms with Gasteiger partial charge in [-0.3, -0.25) is 0 Å². The van der Waals surface area contributed by atoms with E-state index >= 15 is 0 Å². The largest absolute Gasteiger partial charge is 0.399 e. The summed E-state index contributed by atoms with van der Waals surface area (Å²) in [7, 11) is 0. The number of nitrogen functional groups attached to an aromatic ring is 1. The predicted octanol–water partition coefficient (Wildman–Crippen LogP) is 2.49. The van der Waals surface area contributed by atoms with Crippen molar-refractivity contribution in [1.29, 1.82) is 0 Å². The molecule has 0 aliphatic heterocycles. The summed E-state index contributed by atoms with van der Waals surface area (Å²) in [4.78, 5) is 0. The van der Waals surface area contributed by atoms with Crippen LogP contribution in [0.5, 0.6) is 0 Å². The Morgan fingerprint density at radius 3 is 2.31 bits per heavy atom. The van der Waals surface area contributed by atoms with E-state index in [1.165, 1.54) is 6.08 Å². The van der Waals surface area contributed by atoms with Crippen molar-refractivity contribution < 1.29 is 8.78 Å². The van der Waals surface area contributed by atoms with Gasteiger partial charge in [-0.15, -0.1) is 0 Å². The van der Waals surface area contributed by atoms with Crippen LogP contribution in [0.1, 0.15) is 5.56 Å². The van der Waals surface area contributed by atoms with Crippen molar-refractivity contribution >= 4 is 24.4 Å². The minimum Gasteiger partial charge on any atom is -0.399 e. The molecule has 0 amide bonds. The van der Waals surface area contributed by atoms with E-state index in [1.807, 2.05) is 0 Å². The van der Waals surface area contributed by atoms with Crippen LogP contribution in [0.25, 0.3) is 6.08 Å². The van der Waals surface area contributed by atoms with Gasteiger partial charge in [0.1, 0.15) is 11.6 Å². The monoisotopic (exact) mass is 201 g/mol. The lowest BCUT2D eigenvalue weighted by Gasteiger charge is -2.00. The predicted molar refractivity (Wildman–Crippen MR) is 53.7 cm³/mol. The van der Waals surface area contributed by atoms with E-state index in [-0.39, 0.29) is 11.3 Å². The van der Waals surface area contributed by atoms with Gasteiger partial charge >= 0.3 is 0 Å². The average molecular weight is 201 g/mol. The highest BCUT2D eigenvalue weighted by atomic mass is 32.1. The highest BCUT2D eigenvalue weighted by molar-refractivity contribution is 7.80. The summed E-state index contributed by atoms with van der Waals surface area (Å²) < 4.78 is 26.1. The molecule has 0 saturated carbocycles. The van der Waals surface area contributed by atoms with E-state index in [0.29, 0.717) is 5.75 Å². The molecule has 0 aliphatic carbocycles. The molecule has 13 heavy (non-hydrogen) atoms. The number of benzene rings is 1. The van der Waals surface area contributed by atoms with Crippen LogP contribution in [0.15, 0.2) is 18.2 Å². The molecule has 0 heterocycles. The molecule has 0 bridgehead atoms. The van der Waals surface area contributed by atoms with Crippen LogP contribution in [0.4, 0.5) is 14.5 Å². The third kappa shape index (κ3) is 2.45. The molecule has 0 aliphatic rings. The summed E-state index contributed by atoms with van der Waals surface area (Å²) in [6, 6.07) is 2.17. The van der Waals surface area contributed by atoms with Gasteiger partial charge in [0.05, 0.1) is 0 Å². The van der Waals surface area contributed by atoms with E-state index in [1.54, 1.807) is 6.08 Å². The standard InChI is InChI=1S/C9H9F2NS/c10-8-4-6(12)5-9(11)7(8)2-1-3-13/h1-2,4-5,13H,3,12H2. The van der Waals surface area contributed by atoms with Gasteiger partial charge in [0.2, 0.25) is 0 Å². The third-order valence-corrected chi connectivity index (χ3v) is 1.70. The number of anilines is 1. The lowest BCUT2D eigenvalue weighted by Crippen LogP contribution is -1.93. The molecule has 70 valence electrons. The van der Waals surface area contributed by atoms with Gasteiger partial charge in [0, 0.05) is 17.0 Å². The SMILES string of the molecule is Nc1cc(F)c(C=CCS)c(F)c1. The second kappa shape index (κ2) is 4.28. The van der Waals surface area contributed by atoms with Crippen molar-refractivity contribution in [3.05, 3.63) is 35.4 Å². The Morgan fingerprint density at radius 2 is 1.85 bits per heavy atom. The first kappa shape index (κ1) is 10.1. The number of halogens is 2. The van der Waals surface area contributed by atoms with Gasteiger partial charge in [0.25, 0.3) is 0 Å². The minimum absolute atomic E-state index is 0.0803. The van der Waals surface area contributed by atoms with Crippen LogP contribution in [-0.4, -0.2) is 5.75 Å². The number of thiol groups is 1. The Labute approximate surface area is 80.7 Å². The van der Waals surface area contributed by atoms with E-state index in [9.17, 15) is 8.78 Å². The first-order chi connectivity index (χ1) is 6.15. The Hall–Kier alpha value is -1.03. The number of hydrogen-bond acceptors (Lipinski definition) is 2. The molecule has 0 atom stereocenters. The van der Waals surface area contributed by atoms with Crippen molar-refractivity contribution in [1.82, 2.24) is 0 Å². The minimum atomic E-state index is -0.657. The van der Waals surface area contributed by atoms with E-state index in [4.69, 9.17) is 5.73 Å². The maximum absolute atomic E-state index is 13.0. The molecule has 1 nitrogen and oxygen atoms in total. The molecule has 0 radical (unpaired) electrons. The summed E-state index contributed by atoms with van der Waals surface area (Å²) in [5.41, 5.74) is 5.24. The normalized spacial score (nSPS) is 11.0. The maximum atomic E-state index is 13.0. The zero-order chi connectivity index (χ0) is 9.84. The second-order valence-corrected chi connectivity index (χ2v) is 2.85. The van der Waals surface area contributed by atoms with Gasteiger partial charge in [0.15, 0.2) is 0 Å². The van der Waals surface area contributed by atoms with Gasteiger partial charge in [-0.2, -0.15) is 12.6 Å². The molecule has 1 aromatic carbocycles. The summed E-state index contributed by atoms with van der Waals surface area (Å²) in [5, 5.41) is 0. The Morgan fingerprint density at radius 1 is 1.31 bits per heavy atom. The number of hydrogen-bond donors (Lipinski definition) is 2. The molecule has 2 N–H and O–H groups in total. The topological polar surface area (TPSA) is 26.0 Å². The van der Waals surface area contributed by atoms with Gasteiger partial charge in [-0.1, -0.05) is 12.2 Å². The molecule has 0 unspecified atom stereocenters. The lowest BCUT2D eigenvalue weighted by atomic mass is 10.1. The van der Waals surface area contributed by atoms with Crippen molar-refractivity contribution in [2.75, 3.05) is 11.5 Å². The summed E-state index contributed by atoms with van der Waals surface area (Å²) in [6.45, 7) is 0. The molecule has 1 rings (SSSR count). The third-order valence-electron chi connectivity index (χ3n) is 1.49. The van der Waals surface area contributed by atoms with Crippen LogP contribution in [0, 0.1) is 11.6 Å². The fourth-order valence-corrected chi connectivity index (χ4v) is 1.04. The molecule has 4 heteroatoms. The highest BCUT2D eigenvalue weighted by Crippen LogP contribution is 2.17. The number of nitrogens with two attached hydrogens (primary N) is 1. The van der Waals surface area contributed by atoms with E-state index in [2.05, 4.69) is 12.6 Å². The first-order valence-corrected chi connectivity index (χ1v) is 4.30. The van der Waals surface area contributed by atoms with Crippen molar-refractivity contribution in [2.45, 2.75) is 0 Å². The smallest absolute Gasteiger partial charge is 0.135 e. The molecule has 0 fully saturated rings. The quantitative estimate of drug-likeness (QED) is 0.558. The van der Waals surface area contributed by atoms with Gasteiger partial charge in [-0.25, -0.2) is 8.78 Å². The Kier molecular flexibility index (Phi) is 3.31. The maximum Gasteiger partial charge on any atom is 0.135 e. The zero-order valence-electron chi connectivity index (χ0n) is 6.80. The first-order valence-electron chi connectivity index (χ1n) is 3.67. The van der Waals surface area contributed by atoms with Crippen LogP contribution in [0.3, 0.4) is 0 Å². The van der Waals surface area contributed by atoms with Crippen LogP contribution in [-0.2, 0) is 0 Å². The molecule has 0 aromatic heterocycles. The zero-order valence-corrected chi connectivity index (χ0v) is 7.69. The number of rotatable bonds is 2. The summed E-state index contributed by atoms with van der Waals surface area (Å²) in [6.07, 6.45) is 2.90. The summed E-state index contributed by atoms with van der Waals surface area (Å²) >= 11 is 3.88. The van der Waals surface area contributed by atoms with Gasteiger partial charge in [-0.05, 0) is 12.1 Å². The molecule has 0 spiro atoms. The molecule has 0 saturated heterocycles. The second-order valence-electron chi connectivity index (χ2n) is 2.48. The van der Waals surface area contributed by atoms with Gasteiger partial charge < -0.3 is 5.73 Å².